The Morgan fingerprint density at radius 1 is 1.32 bits per heavy atom. The summed E-state index contributed by atoms with van der Waals surface area (Å²) in [7, 11) is 0. The lowest BCUT2D eigenvalue weighted by Gasteiger charge is -2.26. The molecule has 2 rings (SSSR count). The van der Waals surface area contributed by atoms with E-state index in [0.717, 1.165) is 19.6 Å². The lowest BCUT2D eigenvalue weighted by Crippen LogP contribution is -2.37. The van der Waals surface area contributed by atoms with Crippen LogP contribution in [-0.4, -0.2) is 37.0 Å². The number of carbonyl (C=O) groups excluding carboxylic acids is 1. The van der Waals surface area contributed by atoms with E-state index < -0.39 is 5.82 Å². The van der Waals surface area contributed by atoms with Crippen LogP contribution in [0.15, 0.2) is 18.2 Å². The third kappa shape index (κ3) is 3.67. The van der Waals surface area contributed by atoms with Gasteiger partial charge in [-0.25, -0.2) is 4.39 Å². The molecule has 1 amide bonds. The van der Waals surface area contributed by atoms with Crippen molar-refractivity contribution in [2.45, 2.75) is 19.3 Å². The molecule has 3 N–H and O–H groups in total. The van der Waals surface area contributed by atoms with Crippen LogP contribution in [0.25, 0.3) is 0 Å². The molecule has 0 atom stereocenters. The number of nitrogens with zero attached hydrogens (tertiary/aromatic N) is 1. The molecule has 19 heavy (non-hydrogen) atoms. The Morgan fingerprint density at radius 2 is 2.05 bits per heavy atom. The summed E-state index contributed by atoms with van der Waals surface area (Å²) in [5, 5.41) is 2.79. The predicted octanol–water partition coefficient (Wildman–Crippen LogP) is 1.62. The van der Waals surface area contributed by atoms with E-state index in [2.05, 4.69) is 10.2 Å². The van der Waals surface area contributed by atoms with Gasteiger partial charge in [0.2, 0.25) is 0 Å². The predicted molar refractivity (Wildman–Crippen MR) is 73.4 cm³/mol. The van der Waals surface area contributed by atoms with Crippen LogP contribution >= 0.6 is 0 Å². The van der Waals surface area contributed by atoms with Crippen LogP contribution in [0.5, 0.6) is 0 Å². The lowest BCUT2D eigenvalue weighted by molar-refractivity contribution is 0.0947. The molecule has 1 aliphatic rings. The number of carbonyl (C=O) groups is 1. The molecule has 1 aliphatic heterocycles. The molecule has 0 aromatic heterocycles. The monoisotopic (exact) mass is 265 g/mol. The van der Waals surface area contributed by atoms with Crippen molar-refractivity contribution in [1.82, 2.24) is 10.2 Å². The maximum atomic E-state index is 13.2. The zero-order chi connectivity index (χ0) is 13.7. The summed E-state index contributed by atoms with van der Waals surface area (Å²) in [4.78, 5) is 14.2. The quantitative estimate of drug-likeness (QED) is 0.813. The lowest BCUT2D eigenvalue weighted by atomic mass is 10.1. The molecule has 0 aliphatic carbocycles. The number of hydrogen-bond donors (Lipinski definition) is 2. The van der Waals surface area contributed by atoms with Crippen LogP contribution in [0, 0.1) is 5.82 Å². The Hall–Kier alpha value is -1.62. The number of hydrogen-bond acceptors (Lipinski definition) is 3. The highest BCUT2D eigenvalue weighted by molar-refractivity contribution is 5.99. The first-order chi connectivity index (χ1) is 9.18. The summed E-state index contributed by atoms with van der Waals surface area (Å²) in [5.41, 5.74) is 5.67. The third-order valence-electron chi connectivity index (χ3n) is 3.46. The third-order valence-corrected chi connectivity index (χ3v) is 3.46. The molecular formula is C14H20FN3O. The van der Waals surface area contributed by atoms with Crippen molar-refractivity contribution in [2.75, 3.05) is 31.9 Å². The molecule has 5 heteroatoms. The van der Waals surface area contributed by atoms with Crippen LogP contribution in [0.3, 0.4) is 0 Å². The molecule has 1 aromatic rings. The van der Waals surface area contributed by atoms with Crippen molar-refractivity contribution in [3.05, 3.63) is 29.6 Å². The van der Waals surface area contributed by atoms with Crippen molar-refractivity contribution >= 4 is 11.6 Å². The average molecular weight is 265 g/mol. The van der Waals surface area contributed by atoms with Gasteiger partial charge in [-0.3, -0.25) is 4.79 Å². The van der Waals surface area contributed by atoms with Gasteiger partial charge in [0.15, 0.2) is 0 Å². The van der Waals surface area contributed by atoms with Gasteiger partial charge in [0.1, 0.15) is 5.82 Å². The van der Waals surface area contributed by atoms with Crippen LogP contribution < -0.4 is 11.1 Å². The number of nitrogen functional groups attached to an aromatic ring is 1. The van der Waals surface area contributed by atoms with E-state index in [-0.39, 0.29) is 17.2 Å². The Labute approximate surface area is 112 Å². The molecule has 0 saturated carbocycles. The summed E-state index contributed by atoms with van der Waals surface area (Å²) >= 11 is 0. The fraction of sp³-hybridized carbons (Fsp3) is 0.500. The highest BCUT2D eigenvalue weighted by atomic mass is 19.1. The topological polar surface area (TPSA) is 58.4 Å². The van der Waals surface area contributed by atoms with Gasteiger partial charge in [-0.1, -0.05) is 12.5 Å². The van der Waals surface area contributed by atoms with Gasteiger partial charge in [-0.2, -0.15) is 0 Å². The molecule has 0 bridgehead atoms. The Bertz CT molecular complexity index is 444. The molecule has 0 unspecified atom stereocenters. The Kier molecular flexibility index (Phi) is 4.74. The van der Waals surface area contributed by atoms with E-state index in [1.165, 1.54) is 37.5 Å². The SMILES string of the molecule is Nc1c(F)cccc1C(=O)NCCN1CCCCC1. The Morgan fingerprint density at radius 3 is 2.79 bits per heavy atom. The summed E-state index contributed by atoms with van der Waals surface area (Å²) < 4.78 is 13.2. The zero-order valence-corrected chi connectivity index (χ0v) is 11.0. The second-order valence-corrected chi connectivity index (χ2v) is 4.86. The van der Waals surface area contributed by atoms with Crippen LogP contribution in [0.4, 0.5) is 10.1 Å². The number of halogens is 1. The average Bonchev–Trinajstić information content (AvgIpc) is 2.43. The van der Waals surface area contributed by atoms with E-state index in [1.54, 1.807) is 0 Å². The molecule has 1 fully saturated rings. The van der Waals surface area contributed by atoms with Gasteiger partial charge in [0, 0.05) is 13.1 Å². The number of para-hydroxylation sites is 1. The van der Waals surface area contributed by atoms with Crippen molar-refractivity contribution < 1.29 is 9.18 Å². The summed E-state index contributed by atoms with van der Waals surface area (Å²) in [5.74, 6) is -0.863. The summed E-state index contributed by atoms with van der Waals surface area (Å²) in [6.45, 7) is 3.59. The summed E-state index contributed by atoms with van der Waals surface area (Å²) in [6, 6.07) is 4.28. The molecule has 0 spiro atoms. The van der Waals surface area contributed by atoms with Crippen molar-refractivity contribution in [1.29, 1.82) is 0 Å². The second kappa shape index (κ2) is 6.52. The maximum Gasteiger partial charge on any atom is 0.253 e. The van der Waals surface area contributed by atoms with Crippen molar-refractivity contribution in [2.24, 2.45) is 0 Å². The largest absolute Gasteiger partial charge is 0.396 e. The first-order valence-corrected chi connectivity index (χ1v) is 6.73. The van der Waals surface area contributed by atoms with E-state index >= 15 is 0 Å². The first kappa shape index (κ1) is 13.8. The normalized spacial score (nSPS) is 16.3. The first-order valence-electron chi connectivity index (χ1n) is 6.73. The van der Waals surface area contributed by atoms with Crippen LogP contribution in [0.1, 0.15) is 29.6 Å². The van der Waals surface area contributed by atoms with E-state index in [1.807, 2.05) is 0 Å². The number of nitrogens with one attached hydrogen (secondary N) is 1. The van der Waals surface area contributed by atoms with Gasteiger partial charge in [-0.15, -0.1) is 0 Å². The number of rotatable bonds is 4. The van der Waals surface area contributed by atoms with E-state index in [0.29, 0.717) is 6.54 Å². The van der Waals surface area contributed by atoms with Gasteiger partial charge >= 0.3 is 0 Å². The van der Waals surface area contributed by atoms with E-state index in [4.69, 9.17) is 5.73 Å². The van der Waals surface area contributed by atoms with E-state index in [9.17, 15) is 9.18 Å². The fourth-order valence-electron chi connectivity index (χ4n) is 2.34. The number of piperidine rings is 1. The van der Waals surface area contributed by atoms with Gasteiger partial charge in [0.05, 0.1) is 11.3 Å². The van der Waals surface area contributed by atoms with Crippen LogP contribution in [0.2, 0.25) is 0 Å². The van der Waals surface area contributed by atoms with Gasteiger partial charge < -0.3 is 16.0 Å². The minimum absolute atomic E-state index is 0.0852. The smallest absolute Gasteiger partial charge is 0.253 e. The Balaban J connectivity index is 1.82. The number of likely N-dealkylation sites (tertiary alicyclic amines) is 1. The summed E-state index contributed by atoms with van der Waals surface area (Å²) in [6.07, 6.45) is 3.75. The van der Waals surface area contributed by atoms with Gasteiger partial charge in [0.25, 0.3) is 5.91 Å². The highest BCUT2D eigenvalue weighted by Crippen LogP contribution is 2.15. The minimum atomic E-state index is -0.552. The van der Waals surface area contributed by atoms with Gasteiger partial charge in [-0.05, 0) is 38.1 Å². The number of nitrogens with two attached hydrogens (primary N) is 1. The minimum Gasteiger partial charge on any atom is -0.396 e. The molecule has 1 saturated heterocycles. The second-order valence-electron chi connectivity index (χ2n) is 4.86. The molecule has 104 valence electrons. The molecule has 0 radical (unpaired) electrons. The van der Waals surface area contributed by atoms with Crippen molar-refractivity contribution in [3.8, 4) is 0 Å². The number of anilines is 1. The van der Waals surface area contributed by atoms with Crippen LogP contribution in [-0.2, 0) is 0 Å². The number of amides is 1. The zero-order valence-electron chi connectivity index (χ0n) is 11.0. The van der Waals surface area contributed by atoms with Crippen molar-refractivity contribution in [3.63, 3.8) is 0 Å². The number of benzene rings is 1. The maximum absolute atomic E-state index is 13.2. The molecular weight excluding hydrogens is 245 g/mol. The molecule has 4 nitrogen and oxygen atoms in total. The highest BCUT2D eigenvalue weighted by Gasteiger charge is 2.13. The molecule has 1 aromatic carbocycles. The standard InChI is InChI=1S/C14H20FN3O/c15-12-6-4-5-11(13(12)16)14(19)17-7-10-18-8-2-1-3-9-18/h4-6H,1-3,7-10,16H2,(H,17,19). The fourth-order valence-corrected chi connectivity index (χ4v) is 2.34. The molecule has 1 heterocycles.